The van der Waals surface area contributed by atoms with Crippen LogP contribution in [0.2, 0.25) is 5.02 Å². The first-order chi connectivity index (χ1) is 8.37. The molecular weight excluding hydrogens is 260 g/mol. The normalized spacial score (nSPS) is 13.3. The Morgan fingerprint density at radius 1 is 1.50 bits per heavy atom. The minimum atomic E-state index is -0.617. The molecule has 7 heteroatoms. The minimum absolute atomic E-state index is 0.0473. The number of nitrogens with one attached hydrogen (secondary N) is 1. The van der Waals surface area contributed by atoms with Crippen LogP contribution in [0.25, 0.3) is 0 Å². The Kier molecular flexibility index (Phi) is 3.21. The number of hydrogen-bond donors (Lipinski definition) is 1. The highest BCUT2D eigenvalue weighted by Gasteiger charge is 2.25. The zero-order valence-corrected chi connectivity index (χ0v) is 11.0. The zero-order chi connectivity index (χ0) is 13.3. The number of hydrogen-bond acceptors (Lipinski definition) is 5. The van der Waals surface area contributed by atoms with Gasteiger partial charge in [0.2, 0.25) is 12.5 Å². The Bertz CT molecular complexity index is 485. The van der Waals surface area contributed by atoms with Crippen LogP contribution in [0.5, 0.6) is 11.6 Å². The maximum Gasteiger partial charge on any atom is 0.412 e. The van der Waals surface area contributed by atoms with Crippen molar-refractivity contribution in [3.63, 3.8) is 0 Å². The molecule has 18 heavy (non-hydrogen) atoms. The lowest BCUT2D eigenvalue weighted by molar-refractivity contribution is 0.0635. The summed E-state index contributed by atoms with van der Waals surface area (Å²) in [4.78, 5) is 15.6. The summed E-state index contributed by atoms with van der Waals surface area (Å²) in [7, 11) is 0. The lowest BCUT2D eigenvalue weighted by Crippen LogP contribution is -2.27. The molecule has 1 amide bonds. The van der Waals surface area contributed by atoms with Crippen molar-refractivity contribution >= 4 is 23.4 Å². The average molecular weight is 273 g/mol. The summed E-state index contributed by atoms with van der Waals surface area (Å²) in [6, 6.07) is 0. The van der Waals surface area contributed by atoms with Gasteiger partial charge in [-0.25, -0.2) is 9.78 Å². The second kappa shape index (κ2) is 4.53. The van der Waals surface area contributed by atoms with Crippen molar-refractivity contribution in [3.8, 4) is 11.6 Å². The molecule has 2 rings (SSSR count). The van der Waals surface area contributed by atoms with Gasteiger partial charge in [-0.05, 0) is 20.8 Å². The molecule has 98 valence electrons. The van der Waals surface area contributed by atoms with Gasteiger partial charge in [-0.1, -0.05) is 11.6 Å². The summed E-state index contributed by atoms with van der Waals surface area (Å²) in [5, 5.41) is 2.78. The molecule has 1 aromatic heterocycles. The van der Waals surface area contributed by atoms with Crippen LogP contribution in [-0.4, -0.2) is 23.5 Å². The summed E-state index contributed by atoms with van der Waals surface area (Å²) in [5.74, 6) is 0.610. The number of nitrogens with zero attached hydrogens (tertiary/aromatic N) is 1. The van der Waals surface area contributed by atoms with Crippen LogP contribution in [0.3, 0.4) is 0 Å². The Morgan fingerprint density at radius 2 is 2.22 bits per heavy atom. The number of aromatic nitrogens is 1. The SMILES string of the molecule is CC(C)(C)OC(=O)Nc1c(Cl)cnc2c1OCO2. The topological polar surface area (TPSA) is 69.7 Å². The van der Waals surface area contributed by atoms with E-state index >= 15 is 0 Å². The van der Waals surface area contributed by atoms with E-state index in [-0.39, 0.29) is 11.8 Å². The predicted molar refractivity (Wildman–Crippen MR) is 65.2 cm³/mol. The summed E-state index contributed by atoms with van der Waals surface area (Å²) in [6.45, 7) is 5.35. The summed E-state index contributed by atoms with van der Waals surface area (Å²) < 4.78 is 15.4. The number of pyridine rings is 1. The van der Waals surface area contributed by atoms with Gasteiger partial charge in [0.05, 0.1) is 11.2 Å². The number of fused-ring (bicyclic) bond motifs is 1. The van der Waals surface area contributed by atoms with Crippen LogP contribution in [0, 0.1) is 0 Å². The number of anilines is 1. The zero-order valence-electron chi connectivity index (χ0n) is 10.2. The largest absolute Gasteiger partial charge is 0.449 e. The minimum Gasteiger partial charge on any atom is -0.449 e. The van der Waals surface area contributed by atoms with Gasteiger partial charge in [0.25, 0.3) is 5.88 Å². The molecule has 0 atom stereocenters. The summed E-state index contributed by atoms with van der Waals surface area (Å²) in [6.07, 6.45) is 0.759. The van der Waals surface area contributed by atoms with Crippen molar-refractivity contribution in [1.29, 1.82) is 0 Å². The van der Waals surface area contributed by atoms with Crippen molar-refractivity contribution in [2.24, 2.45) is 0 Å². The Hall–Kier alpha value is -1.69. The standard InChI is InChI=1S/C11H13ClN2O4/c1-11(2,3)18-10(15)14-7-6(12)4-13-9-8(7)16-5-17-9/h4H,5H2,1-3H3,(H,13,14,15). The smallest absolute Gasteiger partial charge is 0.412 e. The van der Waals surface area contributed by atoms with Gasteiger partial charge in [-0.3, -0.25) is 5.32 Å². The molecule has 0 saturated carbocycles. The number of carbonyl (C=O) groups excluding carboxylic acids is 1. The lowest BCUT2D eigenvalue weighted by atomic mass is 10.2. The number of ether oxygens (including phenoxy) is 3. The molecule has 1 N–H and O–H groups in total. The molecule has 6 nitrogen and oxygen atoms in total. The highest BCUT2D eigenvalue weighted by atomic mass is 35.5. The summed E-state index contributed by atoms with van der Waals surface area (Å²) in [5.41, 5.74) is -0.294. The molecule has 1 aliphatic heterocycles. The number of halogens is 1. The van der Waals surface area contributed by atoms with Crippen molar-refractivity contribution < 1.29 is 19.0 Å². The van der Waals surface area contributed by atoms with E-state index < -0.39 is 11.7 Å². The van der Waals surface area contributed by atoms with Gasteiger partial charge >= 0.3 is 6.09 Å². The van der Waals surface area contributed by atoms with Crippen LogP contribution in [-0.2, 0) is 4.74 Å². The van der Waals surface area contributed by atoms with E-state index in [0.29, 0.717) is 17.3 Å². The maximum absolute atomic E-state index is 11.7. The van der Waals surface area contributed by atoms with Crippen LogP contribution < -0.4 is 14.8 Å². The Morgan fingerprint density at radius 3 is 2.89 bits per heavy atom. The van der Waals surface area contributed by atoms with Crippen molar-refractivity contribution in [3.05, 3.63) is 11.2 Å². The Balaban J connectivity index is 2.19. The Labute approximate surface area is 109 Å². The van der Waals surface area contributed by atoms with Crippen LogP contribution in [0.1, 0.15) is 20.8 Å². The molecule has 0 aliphatic carbocycles. The predicted octanol–water partition coefficient (Wildman–Crippen LogP) is 2.81. The number of carbonyl (C=O) groups is 1. The third-order valence-corrected chi connectivity index (χ3v) is 2.27. The summed E-state index contributed by atoms with van der Waals surface area (Å²) >= 11 is 5.95. The van der Waals surface area contributed by atoms with Crippen molar-refractivity contribution in [2.45, 2.75) is 26.4 Å². The second-order valence-electron chi connectivity index (χ2n) is 4.65. The molecule has 0 bridgehead atoms. The first kappa shape index (κ1) is 12.8. The van der Waals surface area contributed by atoms with Gasteiger partial charge < -0.3 is 14.2 Å². The fraction of sp³-hybridized carbons (Fsp3) is 0.455. The average Bonchev–Trinajstić information content (AvgIpc) is 2.67. The first-order valence-electron chi connectivity index (χ1n) is 5.31. The molecule has 2 heterocycles. The van der Waals surface area contributed by atoms with Gasteiger partial charge in [-0.15, -0.1) is 0 Å². The van der Waals surface area contributed by atoms with Crippen LogP contribution in [0.4, 0.5) is 10.5 Å². The van der Waals surface area contributed by atoms with Crippen molar-refractivity contribution in [1.82, 2.24) is 4.98 Å². The molecular formula is C11H13ClN2O4. The van der Waals surface area contributed by atoms with E-state index in [4.69, 9.17) is 25.8 Å². The fourth-order valence-corrected chi connectivity index (χ4v) is 1.54. The number of amides is 1. The highest BCUT2D eigenvalue weighted by molar-refractivity contribution is 6.34. The molecule has 1 aliphatic rings. The van der Waals surface area contributed by atoms with Crippen molar-refractivity contribution in [2.75, 3.05) is 12.1 Å². The molecule has 0 radical (unpaired) electrons. The van der Waals surface area contributed by atoms with Crippen LogP contribution >= 0.6 is 11.6 Å². The van der Waals surface area contributed by atoms with E-state index in [9.17, 15) is 4.79 Å². The molecule has 0 saturated heterocycles. The number of rotatable bonds is 1. The molecule has 1 aromatic rings. The van der Waals surface area contributed by atoms with Crippen LogP contribution in [0.15, 0.2) is 6.20 Å². The van der Waals surface area contributed by atoms with E-state index in [2.05, 4.69) is 10.3 Å². The second-order valence-corrected chi connectivity index (χ2v) is 5.06. The fourth-order valence-electron chi connectivity index (χ4n) is 1.36. The van der Waals surface area contributed by atoms with Gasteiger partial charge in [0, 0.05) is 0 Å². The monoisotopic (exact) mass is 272 g/mol. The molecule has 0 unspecified atom stereocenters. The first-order valence-corrected chi connectivity index (χ1v) is 5.69. The third kappa shape index (κ3) is 2.76. The van der Waals surface area contributed by atoms with E-state index in [1.165, 1.54) is 6.20 Å². The van der Waals surface area contributed by atoms with E-state index in [1.54, 1.807) is 20.8 Å². The highest BCUT2D eigenvalue weighted by Crippen LogP contribution is 2.41. The quantitative estimate of drug-likeness (QED) is 0.851. The van der Waals surface area contributed by atoms with Gasteiger partial charge in [0.15, 0.2) is 0 Å². The molecule has 0 spiro atoms. The van der Waals surface area contributed by atoms with Gasteiger partial charge in [-0.2, -0.15) is 0 Å². The van der Waals surface area contributed by atoms with Gasteiger partial charge in [0.1, 0.15) is 11.3 Å². The maximum atomic E-state index is 11.7. The molecule has 0 aromatic carbocycles. The molecule has 0 fully saturated rings. The van der Waals surface area contributed by atoms with E-state index in [0.717, 1.165) is 0 Å². The van der Waals surface area contributed by atoms with E-state index in [1.807, 2.05) is 0 Å². The lowest BCUT2D eigenvalue weighted by Gasteiger charge is -2.20. The third-order valence-electron chi connectivity index (χ3n) is 1.98.